The van der Waals surface area contributed by atoms with Crippen LogP contribution in [0.3, 0.4) is 0 Å². The summed E-state index contributed by atoms with van der Waals surface area (Å²) in [6.07, 6.45) is 4.91. The zero-order chi connectivity index (χ0) is 12.5. The van der Waals surface area contributed by atoms with Crippen molar-refractivity contribution in [3.8, 4) is 0 Å². The van der Waals surface area contributed by atoms with E-state index >= 15 is 0 Å². The van der Waals surface area contributed by atoms with E-state index < -0.39 is 5.97 Å². The lowest BCUT2D eigenvalue weighted by molar-refractivity contribution is -0.137. The van der Waals surface area contributed by atoms with Crippen LogP contribution in [0.25, 0.3) is 0 Å². The molecule has 1 aromatic rings. The molecule has 1 rings (SSSR count). The van der Waals surface area contributed by atoms with Crippen LogP contribution in [-0.2, 0) is 11.3 Å². The van der Waals surface area contributed by atoms with Crippen molar-refractivity contribution in [3.63, 3.8) is 0 Å². The first-order chi connectivity index (χ1) is 8.18. The molecule has 0 aliphatic rings. The lowest BCUT2D eigenvalue weighted by atomic mass is 10.2. The Hall–Kier alpha value is -1.42. The van der Waals surface area contributed by atoms with E-state index in [1.807, 2.05) is 19.2 Å². The number of nitrogens with zero attached hydrogens (tertiary/aromatic N) is 1. The van der Waals surface area contributed by atoms with E-state index in [1.54, 1.807) is 0 Å². The highest BCUT2D eigenvalue weighted by atomic mass is 16.4. The molecular weight excluding hydrogens is 216 g/mol. The zero-order valence-electron chi connectivity index (χ0n) is 10.3. The number of nitrogens with one attached hydrogen (secondary N) is 1. The Bertz CT molecular complexity index is 336. The van der Waals surface area contributed by atoms with E-state index in [9.17, 15) is 4.79 Å². The topological polar surface area (TPSA) is 62.2 Å². The van der Waals surface area contributed by atoms with Crippen LogP contribution >= 0.6 is 0 Å². The summed E-state index contributed by atoms with van der Waals surface area (Å²) in [6, 6.07) is 4.07. The van der Waals surface area contributed by atoms with E-state index in [0.29, 0.717) is 0 Å². The SMILES string of the molecule is Cc1ccc(CNCCCCCC(=O)O)cn1. The standard InChI is InChI=1S/C13H20N2O2/c1-11-6-7-12(10-15-11)9-14-8-4-2-3-5-13(16)17/h6-7,10,14H,2-5,8-9H2,1H3,(H,16,17). The molecule has 4 nitrogen and oxygen atoms in total. The lowest BCUT2D eigenvalue weighted by Gasteiger charge is -2.04. The molecule has 0 atom stereocenters. The molecule has 0 saturated heterocycles. The number of aromatic nitrogens is 1. The highest BCUT2D eigenvalue weighted by molar-refractivity contribution is 5.66. The third-order valence-electron chi connectivity index (χ3n) is 2.55. The molecule has 4 heteroatoms. The molecule has 17 heavy (non-hydrogen) atoms. The monoisotopic (exact) mass is 236 g/mol. The third kappa shape index (κ3) is 6.68. The fraction of sp³-hybridized carbons (Fsp3) is 0.538. The predicted octanol–water partition coefficient (Wildman–Crippen LogP) is 2.12. The van der Waals surface area contributed by atoms with Gasteiger partial charge in [0.2, 0.25) is 0 Å². The van der Waals surface area contributed by atoms with Crippen molar-refractivity contribution in [3.05, 3.63) is 29.6 Å². The van der Waals surface area contributed by atoms with Gasteiger partial charge in [-0.3, -0.25) is 9.78 Å². The molecule has 0 amide bonds. The van der Waals surface area contributed by atoms with Crippen molar-refractivity contribution in [1.29, 1.82) is 0 Å². The van der Waals surface area contributed by atoms with Crippen LogP contribution in [0.15, 0.2) is 18.3 Å². The summed E-state index contributed by atoms with van der Waals surface area (Å²) < 4.78 is 0. The van der Waals surface area contributed by atoms with E-state index in [-0.39, 0.29) is 6.42 Å². The smallest absolute Gasteiger partial charge is 0.303 e. The number of unbranched alkanes of at least 4 members (excludes halogenated alkanes) is 2. The van der Waals surface area contributed by atoms with Gasteiger partial charge in [0.25, 0.3) is 0 Å². The molecule has 0 unspecified atom stereocenters. The summed E-state index contributed by atoms with van der Waals surface area (Å²) >= 11 is 0. The van der Waals surface area contributed by atoms with Crippen LogP contribution in [0.2, 0.25) is 0 Å². The molecule has 2 N–H and O–H groups in total. The van der Waals surface area contributed by atoms with E-state index in [2.05, 4.69) is 16.4 Å². The summed E-state index contributed by atoms with van der Waals surface area (Å²) in [5.74, 6) is -0.705. The number of hydrogen-bond acceptors (Lipinski definition) is 3. The molecule has 0 aromatic carbocycles. The molecule has 0 aliphatic carbocycles. The maximum atomic E-state index is 10.3. The molecule has 0 fully saturated rings. The van der Waals surface area contributed by atoms with Gasteiger partial charge >= 0.3 is 5.97 Å². The summed E-state index contributed by atoms with van der Waals surface area (Å²) in [5.41, 5.74) is 2.21. The normalized spacial score (nSPS) is 10.4. The van der Waals surface area contributed by atoms with Crippen molar-refractivity contribution in [2.45, 2.75) is 39.2 Å². The Morgan fingerprint density at radius 1 is 1.35 bits per heavy atom. The van der Waals surface area contributed by atoms with Gasteiger partial charge in [-0.1, -0.05) is 12.5 Å². The molecule has 1 aromatic heterocycles. The number of carboxylic acid groups (broad SMARTS) is 1. The van der Waals surface area contributed by atoms with Gasteiger partial charge in [0.1, 0.15) is 0 Å². The van der Waals surface area contributed by atoms with Crippen LogP contribution in [0.5, 0.6) is 0 Å². The Morgan fingerprint density at radius 3 is 2.82 bits per heavy atom. The molecule has 0 aliphatic heterocycles. The van der Waals surface area contributed by atoms with E-state index in [1.165, 1.54) is 5.56 Å². The Labute approximate surface area is 102 Å². The number of aliphatic carboxylic acids is 1. The number of hydrogen-bond donors (Lipinski definition) is 2. The molecular formula is C13H20N2O2. The molecule has 0 spiro atoms. The van der Waals surface area contributed by atoms with Gasteiger partial charge in [-0.05, 0) is 37.9 Å². The fourth-order valence-electron chi connectivity index (χ4n) is 1.54. The quantitative estimate of drug-likeness (QED) is 0.679. The third-order valence-corrected chi connectivity index (χ3v) is 2.55. The van der Waals surface area contributed by atoms with Crippen molar-refractivity contribution in [2.75, 3.05) is 6.54 Å². The highest BCUT2D eigenvalue weighted by Crippen LogP contribution is 2.00. The Morgan fingerprint density at radius 2 is 2.18 bits per heavy atom. The lowest BCUT2D eigenvalue weighted by Crippen LogP contribution is -2.14. The maximum absolute atomic E-state index is 10.3. The second-order valence-electron chi connectivity index (χ2n) is 4.19. The van der Waals surface area contributed by atoms with Gasteiger partial charge < -0.3 is 10.4 Å². The number of carboxylic acids is 1. The van der Waals surface area contributed by atoms with Crippen LogP contribution in [0.1, 0.15) is 36.9 Å². The van der Waals surface area contributed by atoms with Crippen LogP contribution in [0, 0.1) is 6.92 Å². The fourth-order valence-corrected chi connectivity index (χ4v) is 1.54. The van der Waals surface area contributed by atoms with Crippen molar-refractivity contribution < 1.29 is 9.90 Å². The molecule has 0 saturated carbocycles. The van der Waals surface area contributed by atoms with Gasteiger partial charge in [-0.15, -0.1) is 0 Å². The minimum absolute atomic E-state index is 0.280. The summed E-state index contributed by atoms with van der Waals surface area (Å²) in [5, 5.41) is 11.8. The molecule has 94 valence electrons. The van der Waals surface area contributed by atoms with E-state index in [4.69, 9.17) is 5.11 Å². The molecule has 1 heterocycles. The largest absolute Gasteiger partial charge is 0.481 e. The average molecular weight is 236 g/mol. The van der Waals surface area contributed by atoms with Crippen LogP contribution in [0.4, 0.5) is 0 Å². The first-order valence-electron chi connectivity index (χ1n) is 6.02. The van der Waals surface area contributed by atoms with Crippen molar-refractivity contribution >= 4 is 5.97 Å². The number of aryl methyl sites for hydroxylation is 1. The second kappa shape index (κ2) is 7.79. The first-order valence-corrected chi connectivity index (χ1v) is 6.02. The first kappa shape index (κ1) is 13.6. The Balaban J connectivity index is 2.01. The summed E-state index contributed by atoms with van der Waals surface area (Å²) in [7, 11) is 0. The number of rotatable bonds is 8. The average Bonchev–Trinajstić information content (AvgIpc) is 2.30. The van der Waals surface area contributed by atoms with Gasteiger partial charge in [-0.2, -0.15) is 0 Å². The molecule has 0 bridgehead atoms. The van der Waals surface area contributed by atoms with E-state index in [0.717, 1.165) is 38.0 Å². The van der Waals surface area contributed by atoms with Gasteiger partial charge in [-0.25, -0.2) is 0 Å². The summed E-state index contributed by atoms with van der Waals surface area (Å²) in [6.45, 7) is 3.72. The van der Waals surface area contributed by atoms with Gasteiger partial charge in [0, 0.05) is 24.9 Å². The van der Waals surface area contributed by atoms with Crippen molar-refractivity contribution in [2.24, 2.45) is 0 Å². The zero-order valence-corrected chi connectivity index (χ0v) is 10.3. The second-order valence-corrected chi connectivity index (χ2v) is 4.19. The van der Waals surface area contributed by atoms with Gasteiger partial charge in [0.15, 0.2) is 0 Å². The van der Waals surface area contributed by atoms with Crippen LogP contribution in [-0.4, -0.2) is 22.6 Å². The van der Waals surface area contributed by atoms with Crippen LogP contribution < -0.4 is 5.32 Å². The Kier molecular flexibility index (Phi) is 6.25. The minimum atomic E-state index is -0.705. The predicted molar refractivity (Wildman–Crippen MR) is 66.8 cm³/mol. The minimum Gasteiger partial charge on any atom is -0.481 e. The van der Waals surface area contributed by atoms with Gasteiger partial charge in [0.05, 0.1) is 0 Å². The van der Waals surface area contributed by atoms with Crippen molar-refractivity contribution in [1.82, 2.24) is 10.3 Å². The number of pyridine rings is 1. The maximum Gasteiger partial charge on any atom is 0.303 e. The molecule has 0 radical (unpaired) electrons. The number of carbonyl (C=O) groups is 1. The highest BCUT2D eigenvalue weighted by Gasteiger charge is 1.96. The summed E-state index contributed by atoms with van der Waals surface area (Å²) in [4.78, 5) is 14.5.